The second-order valence-corrected chi connectivity index (χ2v) is 4.49. The van der Waals surface area contributed by atoms with Crippen LogP contribution in [0.1, 0.15) is 6.92 Å². The molecule has 0 aliphatic rings. The van der Waals surface area contributed by atoms with Gasteiger partial charge >= 0.3 is 5.97 Å². The number of carboxylic acid groups (broad SMARTS) is 1. The summed E-state index contributed by atoms with van der Waals surface area (Å²) in [7, 11) is 0. The van der Waals surface area contributed by atoms with Crippen molar-refractivity contribution in [2.75, 3.05) is 0 Å². The van der Waals surface area contributed by atoms with Crippen molar-refractivity contribution in [2.24, 2.45) is 0 Å². The van der Waals surface area contributed by atoms with Crippen LogP contribution in [0.5, 0.6) is 0 Å². The van der Waals surface area contributed by atoms with Gasteiger partial charge in [-0.3, -0.25) is 14.4 Å². The van der Waals surface area contributed by atoms with Crippen LogP contribution in [0, 0.1) is 0 Å². The molecule has 0 aromatic carbocycles. The lowest BCUT2D eigenvalue weighted by atomic mass is 10.5. The Morgan fingerprint density at radius 1 is 1.19 bits per heavy atom. The number of hydrogen-bond acceptors (Lipinski definition) is 3. The Kier molecular flexibility index (Phi) is 4.09. The van der Waals surface area contributed by atoms with Crippen molar-refractivity contribution in [1.82, 2.24) is 9.36 Å². The molecule has 1 rings (SSSR count). The van der Waals surface area contributed by atoms with E-state index >= 15 is 0 Å². The van der Waals surface area contributed by atoms with Gasteiger partial charge in [0, 0.05) is 6.54 Å². The Morgan fingerprint density at radius 3 is 2.00 bits per heavy atom. The quantitative estimate of drug-likeness (QED) is 0.862. The van der Waals surface area contributed by atoms with Gasteiger partial charge in [0.2, 0.25) is 0 Å². The Hall–Kier alpha value is -0.890. The van der Waals surface area contributed by atoms with Gasteiger partial charge in [0.25, 0.3) is 11.1 Å². The molecule has 0 amide bonds. The fourth-order valence-electron chi connectivity index (χ4n) is 1.23. The molecule has 8 heteroatoms. The molecule has 0 saturated carbocycles. The summed E-state index contributed by atoms with van der Waals surface area (Å²) in [6, 6.07) is 0. The third-order valence-electron chi connectivity index (χ3n) is 1.91. The first kappa shape index (κ1) is 13.2. The summed E-state index contributed by atoms with van der Waals surface area (Å²) in [6.07, 6.45) is 0. The molecule has 1 aromatic rings. The minimum atomic E-state index is -1.18. The highest BCUT2D eigenvalue weighted by atomic mass is 79.9. The van der Waals surface area contributed by atoms with Crippen molar-refractivity contribution in [3.63, 3.8) is 0 Å². The van der Waals surface area contributed by atoms with Gasteiger partial charge in [-0.15, -0.1) is 0 Å². The average Bonchev–Trinajstić information content (AvgIpc) is 2.23. The Bertz CT molecular complexity index is 546. The van der Waals surface area contributed by atoms with Crippen molar-refractivity contribution >= 4 is 37.8 Å². The number of halogens is 2. The van der Waals surface area contributed by atoms with Gasteiger partial charge in [-0.05, 0) is 38.8 Å². The third-order valence-corrected chi connectivity index (χ3v) is 3.92. The van der Waals surface area contributed by atoms with Gasteiger partial charge in [-0.25, -0.2) is 9.36 Å². The number of carbonyl (C=O) groups is 1. The second-order valence-electron chi connectivity index (χ2n) is 2.91. The van der Waals surface area contributed by atoms with Crippen LogP contribution >= 0.6 is 31.9 Å². The fraction of sp³-hybridized carbons (Fsp3) is 0.375. The summed E-state index contributed by atoms with van der Waals surface area (Å²) in [6.45, 7) is 1.32. The van der Waals surface area contributed by atoms with E-state index < -0.39 is 23.6 Å². The van der Waals surface area contributed by atoms with E-state index in [1.165, 1.54) is 0 Å². The molecule has 1 heterocycles. The molecule has 88 valence electrons. The van der Waals surface area contributed by atoms with Gasteiger partial charge < -0.3 is 5.11 Å². The lowest BCUT2D eigenvalue weighted by Gasteiger charge is -2.13. The van der Waals surface area contributed by atoms with E-state index in [2.05, 4.69) is 31.9 Å². The molecule has 0 spiro atoms. The van der Waals surface area contributed by atoms with Crippen molar-refractivity contribution in [3.05, 3.63) is 29.7 Å². The number of nitrogens with zero attached hydrogens (tertiary/aromatic N) is 2. The number of aromatic nitrogens is 2. The number of hydrogen-bond donors (Lipinski definition) is 1. The maximum Gasteiger partial charge on any atom is 0.325 e. The lowest BCUT2D eigenvalue weighted by Crippen LogP contribution is -2.40. The average molecular weight is 356 g/mol. The molecule has 0 saturated heterocycles. The molecule has 16 heavy (non-hydrogen) atoms. The van der Waals surface area contributed by atoms with Crippen molar-refractivity contribution in [1.29, 1.82) is 0 Å². The highest BCUT2D eigenvalue weighted by Gasteiger charge is 2.16. The van der Waals surface area contributed by atoms with Crippen LogP contribution in [0.15, 0.2) is 18.5 Å². The van der Waals surface area contributed by atoms with E-state index in [0.29, 0.717) is 0 Å². The Labute approximate surface area is 107 Å². The molecule has 0 aliphatic carbocycles. The summed E-state index contributed by atoms with van der Waals surface area (Å²) in [5.41, 5.74) is -1.01. The van der Waals surface area contributed by atoms with Crippen LogP contribution in [0.2, 0.25) is 0 Å². The summed E-state index contributed by atoms with van der Waals surface area (Å²) in [5.74, 6) is -1.18. The Balaban J connectivity index is 3.64. The minimum Gasteiger partial charge on any atom is -0.480 e. The molecule has 0 radical (unpaired) electrons. The predicted octanol–water partition coefficient (Wildman–Crippen LogP) is 0.639. The zero-order valence-electron chi connectivity index (χ0n) is 8.24. The van der Waals surface area contributed by atoms with Crippen LogP contribution in [0.4, 0.5) is 0 Å². The van der Waals surface area contributed by atoms with Crippen LogP contribution in [-0.2, 0) is 17.9 Å². The summed E-state index contributed by atoms with van der Waals surface area (Å²) in [4.78, 5) is 34.0. The van der Waals surface area contributed by atoms with Crippen LogP contribution in [-0.4, -0.2) is 20.4 Å². The first-order valence-corrected chi connectivity index (χ1v) is 5.89. The summed E-state index contributed by atoms with van der Waals surface area (Å²) >= 11 is 5.93. The standard InChI is InChI=1S/C8H8Br2N2O4/c1-2-11-7(15)5(9)6(10)8(16)12(11)3-4(13)14/h2-3H2,1H3,(H,13,14). The first-order valence-electron chi connectivity index (χ1n) is 4.30. The van der Waals surface area contributed by atoms with E-state index in [0.717, 1.165) is 9.36 Å². The smallest absolute Gasteiger partial charge is 0.325 e. The predicted molar refractivity (Wildman–Crippen MR) is 63.7 cm³/mol. The normalized spacial score (nSPS) is 10.4. The highest BCUT2D eigenvalue weighted by Crippen LogP contribution is 2.13. The SMILES string of the molecule is CCn1c(=O)c(Br)c(Br)c(=O)n1CC(=O)O. The molecule has 0 fully saturated rings. The lowest BCUT2D eigenvalue weighted by molar-refractivity contribution is -0.138. The van der Waals surface area contributed by atoms with E-state index in [1.807, 2.05) is 0 Å². The largest absolute Gasteiger partial charge is 0.480 e. The molecule has 0 bridgehead atoms. The zero-order valence-corrected chi connectivity index (χ0v) is 11.4. The molecular weight excluding hydrogens is 348 g/mol. The van der Waals surface area contributed by atoms with E-state index in [1.54, 1.807) is 6.92 Å². The molecule has 1 N–H and O–H groups in total. The topological polar surface area (TPSA) is 81.3 Å². The monoisotopic (exact) mass is 354 g/mol. The van der Waals surface area contributed by atoms with Crippen LogP contribution in [0.3, 0.4) is 0 Å². The van der Waals surface area contributed by atoms with Gasteiger partial charge in [0.15, 0.2) is 0 Å². The molecule has 0 aliphatic heterocycles. The molecule has 0 unspecified atom stereocenters. The molecular formula is C8H8Br2N2O4. The second kappa shape index (κ2) is 4.96. The van der Waals surface area contributed by atoms with Gasteiger partial charge in [-0.1, -0.05) is 0 Å². The maximum absolute atomic E-state index is 11.7. The summed E-state index contributed by atoms with van der Waals surface area (Å²) in [5, 5.41) is 8.66. The van der Waals surface area contributed by atoms with E-state index in [4.69, 9.17) is 5.11 Å². The third kappa shape index (κ3) is 2.27. The Morgan fingerprint density at radius 2 is 1.62 bits per heavy atom. The molecule has 6 nitrogen and oxygen atoms in total. The highest BCUT2D eigenvalue weighted by molar-refractivity contribution is 9.13. The van der Waals surface area contributed by atoms with Crippen molar-refractivity contribution < 1.29 is 9.90 Å². The minimum absolute atomic E-state index is 0.0310. The summed E-state index contributed by atoms with van der Waals surface area (Å²) < 4.78 is 2.09. The van der Waals surface area contributed by atoms with Gasteiger partial charge in [0.05, 0.1) is 0 Å². The van der Waals surface area contributed by atoms with Gasteiger partial charge in [-0.2, -0.15) is 0 Å². The fourth-order valence-corrected chi connectivity index (χ4v) is 1.98. The van der Waals surface area contributed by atoms with Crippen LogP contribution < -0.4 is 11.1 Å². The van der Waals surface area contributed by atoms with Crippen molar-refractivity contribution in [2.45, 2.75) is 20.0 Å². The molecule has 0 atom stereocenters. The van der Waals surface area contributed by atoms with Crippen LogP contribution in [0.25, 0.3) is 0 Å². The number of carboxylic acids is 1. The zero-order chi connectivity index (χ0) is 12.5. The molecule has 1 aromatic heterocycles. The van der Waals surface area contributed by atoms with E-state index in [-0.39, 0.29) is 15.5 Å². The van der Waals surface area contributed by atoms with E-state index in [9.17, 15) is 14.4 Å². The first-order chi connectivity index (χ1) is 7.40. The van der Waals surface area contributed by atoms with Gasteiger partial charge in [0.1, 0.15) is 15.5 Å². The maximum atomic E-state index is 11.7. The number of aliphatic carboxylic acids is 1. The van der Waals surface area contributed by atoms with Crippen molar-refractivity contribution in [3.8, 4) is 0 Å². The number of rotatable bonds is 3.